The Morgan fingerprint density at radius 3 is 2.60 bits per heavy atom. The SMILES string of the molecule is COC(=O)/C=C/c1ccc2ccccc2c1NC(C)=O. The summed E-state index contributed by atoms with van der Waals surface area (Å²) in [5.74, 6) is -0.596. The third kappa shape index (κ3) is 3.03. The van der Waals surface area contributed by atoms with E-state index in [1.165, 1.54) is 20.1 Å². The number of anilines is 1. The molecule has 2 aromatic carbocycles. The average Bonchev–Trinajstić information content (AvgIpc) is 2.45. The minimum atomic E-state index is -0.438. The number of carbonyl (C=O) groups is 2. The second-order valence-corrected chi connectivity index (χ2v) is 4.29. The first kappa shape index (κ1) is 13.8. The molecule has 0 aliphatic rings. The molecule has 0 saturated heterocycles. The third-order valence-corrected chi connectivity index (χ3v) is 2.86. The van der Waals surface area contributed by atoms with E-state index in [2.05, 4.69) is 10.1 Å². The summed E-state index contributed by atoms with van der Waals surface area (Å²) in [6.45, 7) is 1.45. The zero-order chi connectivity index (χ0) is 14.5. The summed E-state index contributed by atoms with van der Waals surface area (Å²) in [4.78, 5) is 22.6. The highest BCUT2D eigenvalue weighted by Crippen LogP contribution is 2.28. The Hall–Kier alpha value is -2.62. The zero-order valence-electron chi connectivity index (χ0n) is 11.3. The lowest BCUT2D eigenvalue weighted by molar-refractivity contribution is -0.134. The Morgan fingerprint density at radius 2 is 1.90 bits per heavy atom. The molecule has 0 aliphatic heterocycles. The van der Waals surface area contributed by atoms with Gasteiger partial charge in [-0.1, -0.05) is 36.4 Å². The molecule has 0 aliphatic carbocycles. The van der Waals surface area contributed by atoms with Crippen LogP contribution in [0.4, 0.5) is 5.69 Å². The van der Waals surface area contributed by atoms with Crippen LogP contribution in [-0.4, -0.2) is 19.0 Å². The molecule has 0 fully saturated rings. The van der Waals surface area contributed by atoms with Gasteiger partial charge >= 0.3 is 5.97 Å². The Labute approximate surface area is 117 Å². The van der Waals surface area contributed by atoms with Gasteiger partial charge in [0.05, 0.1) is 12.8 Å². The maximum Gasteiger partial charge on any atom is 0.330 e. The minimum Gasteiger partial charge on any atom is -0.466 e. The van der Waals surface area contributed by atoms with Crippen molar-refractivity contribution < 1.29 is 14.3 Å². The van der Waals surface area contributed by atoms with Crippen LogP contribution in [0.3, 0.4) is 0 Å². The van der Waals surface area contributed by atoms with Gasteiger partial charge in [-0.05, 0) is 17.0 Å². The number of benzene rings is 2. The number of fused-ring (bicyclic) bond motifs is 1. The van der Waals surface area contributed by atoms with E-state index >= 15 is 0 Å². The van der Waals surface area contributed by atoms with Gasteiger partial charge in [-0.15, -0.1) is 0 Å². The Bertz CT molecular complexity index is 689. The normalized spacial score (nSPS) is 10.7. The second-order valence-electron chi connectivity index (χ2n) is 4.29. The number of methoxy groups -OCH3 is 1. The summed E-state index contributed by atoms with van der Waals surface area (Å²) < 4.78 is 4.57. The van der Waals surface area contributed by atoms with Gasteiger partial charge in [0.25, 0.3) is 0 Å². The van der Waals surface area contributed by atoms with Gasteiger partial charge in [0.15, 0.2) is 0 Å². The lowest BCUT2D eigenvalue weighted by Gasteiger charge is -2.11. The van der Waals surface area contributed by atoms with E-state index in [9.17, 15) is 9.59 Å². The largest absolute Gasteiger partial charge is 0.466 e. The van der Waals surface area contributed by atoms with Crippen LogP contribution < -0.4 is 5.32 Å². The Morgan fingerprint density at radius 1 is 1.15 bits per heavy atom. The number of carbonyl (C=O) groups excluding carboxylic acids is 2. The number of hydrogen-bond acceptors (Lipinski definition) is 3. The van der Waals surface area contributed by atoms with Crippen molar-refractivity contribution in [1.29, 1.82) is 0 Å². The fraction of sp³-hybridized carbons (Fsp3) is 0.125. The molecule has 0 aromatic heterocycles. The molecule has 0 spiro atoms. The van der Waals surface area contributed by atoms with Gasteiger partial charge in [-0.25, -0.2) is 4.79 Å². The summed E-state index contributed by atoms with van der Waals surface area (Å²) in [7, 11) is 1.32. The summed E-state index contributed by atoms with van der Waals surface area (Å²) in [5, 5.41) is 4.76. The van der Waals surface area contributed by atoms with E-state index in [1.54, 1.807) is 6.08 Å². The molecular formula is C16H15NO3. The van der Waals surface area contributed by atoms with Gasteiger partial charge in [0.1, 0.15) is 0 Å². The zero-order valence-corrected chi connectivity index (χ0v) is 11.3. The van der Waals surface area contributed by atoms with Crippen molar-refractivity contribution in [1.82, 2.24) is 0 Å². The molecule has 0 radical (unpaired) electrons. The van der Waals surface area contributed by atoms with Crippen LogP contribution in [0, 0.1) is 0 Å². The van der Waals surface area contributed by atoms with Crippen LogP contribution in [0.25, 0.3) is 16.8 Å². The number of amides is 1. The van der Waals surface area contributed by atoms with Gasteiger partial charge in [-0.3, -0.25) is 4.79 Å². The van der Waals surface area contributed by atoms with Crippen LogP contribution in [0.2, 0.25) is 0 Å². The van der Waals surface area contributed by atoms with Crippen molar-refractivity contribution in [2.24, 2.45) is 0 Å². The van der Waals surface area contributed by atoms with Crippen molar-refractivity contribution in [3.63, 3.8) is 0 Å². The molecule has 0 saturated carbocycles. The van der Waals surface area contributed by atoms with Gasteiger partial charge in [-0.2, -0.15) is 0 Å². The smallest absolute Gasteiger partial charge is 0.330 e. The van der Waals surface area contributed by atoms with Gasteiger partial charge < -0.3 is 10.1 Å². The van der Waals surface area contributed by atoms with E-state index in [4.69, 9.17) is 0 Å². The lowest BCUT2D eigenvalue weighted by atomic mass is 10.0. The highest BCUT2D eigenvalue weighted by atomic mass is 16.5. The monoisotopic (exact) mass is 269 g/mol. The topological polar surface area (TPSA) is 55.4 Å². The van der Waals surface area contributed by atoms with Crippen molar-refractivity contribution >= 4 is 34.4 Å². The summed E-state index contributed by atoms with van der Waals surface area (Å²) in [6.07, 6.45) is 2.96. The maximum absolute atomic E-state index is 11.4. The Balaban J connectivity index is 2.55. The van der Waals surface area contributed by atoms with Crippen LogP contribution in [-0.2, 0) is 14.3 Å². The Kier molecular flexibility index (Phi) is 4.15. The molecule has 0 bridgehead atoms. The third-order valence-electron chi connectivity index (χ3n) is 2.86. The summed E-state index contributed by atoms with van der Waals surface area (Å²) >= 11 is 0. The van der Waals surface area contributed by atoms with E-state index in [1.807, 2.05) is 36.4 Å². The minimum absolute atomic E-state index is 0.158. The summed E-state index contributed by atoms with van der Waals surface area (Å²) in [6, 6.07) is 11.5. The fourth-order valence-electron chi connectivity index (χ4n) is 1.97. The van der Waals surface area contributed by atoms with Crippen LogP contribution in [0.15, 0.2) is 42.5 Å². The number of nitrogens with one attached hydrogen (secondary N) is 1. The van der Waals surface area contributed by atoms with Crippen LogP contribution in [0.1, 0.15) is 12.5 Å². The first-order chi connectivity index (χ1) is 9.61. The van der Waals surface area contributed by atoms with Crippen molar-refractivity contribution in [2.45, 2.75) is 6.92 Å². The molecule has 0 unspecified atom stereocenters. The van der Waals surface area contributed by atoms with Crippen LogP contribution in [0.5, 0.6) is 0 Å². The first-order valence-corrected chi connectivity index (χ1v) is 6.17. The molecule has 2 rings (SSSR count). The fourth-order valence-corrected chi connectivity index (χ4v) is 1.97. The van der Waals surface area contributed by atoms with E-state index in [-0.39, 0.29) is 5.91 Å². The number of esters is 1. The molecule has 2 aromatic rings. The standard InChI is InChI=1S/C16H15NO3/c1-11(18)17-16-13(9-10-15(19)20-2)8-7-12-5-3-4-6-14(12)16/h3-10H,1-2H3,(H,17,18)/b10-9+. The quantitative estimate of drug-likeness (QED) is 0.688. The first-order valence-electron chi connectivity index (χ1n) is 6.17. The average molecular weight is 269 g/mol. The lowest BCUT2D eigenvalue weighted by Crippen LogP contribution is -2.07. The van der Waals surface area contributed by atoms with Crippen molar-refractivity contribution in [2.75, 3.05) is 12.4 Å². The molecule has 102 valence electrons. The van der Waals surface area contributed by atoms with Gasteiger partial charge in [0.2, 0.25) is 5.91 Å². The highest BCUT2D eigenvalue weighted by molar-refractivity contribution is 6.05. The van der Waals surface area contributed by atoms with Crippen LogP contribution >= 0.6 is 0 Å². The van der Waals surface area contributed by atoms with E-state index in [0.717, 1.165) is 16.3 Å². The second kappa shape index (κ2) is 6.02. The number of ether oxygens (including phenoxy) is 1. The molecule has 1 N–H and O–H groups in total. The molecule has 20 heavy (non-hydrogen) atoms. The molecular weight excluding hydrogens is 254 g/mol. The highest BCUT2D eigenvalue weighted by Gasteiger charge is 2.07. The van der Waals surface area contributed by atoms with Crippen molar-refractivity contribution in [3.05, 3.63) is 48.0 Å². The maximum atomic E-state index is 11.4. The molecule has 1 amide bonds. The van der Waals surface area contributed by atoms with E-state index < -0.39 is 5.97 Å². The van der Waals surface area contributed by atoms with Crippen molar-refractivity contribution in [3.8, 4) is 0 Å². The molecule has 4 heteroatoms. The number of rotatable bonds is 3. The summed E-state index contributed by atoms with van der Waals surface area (Å²) in [5.41, 5.74) is 1.44. The van der Waals surface area contributed by atoms with Gasteiger partial charge in [0, 0.05) is 18.4 Å². The molecule has 0 atom stereocenters. The molecule has 4 nitrogen and oxygen atoms in total. The predicted octanol–water partition coefficient (Wildman–Crippen LogP) is 2.98. The number of hydrogen-bond donors (Lipinski definition) is 1. The molecule has 0 heterocycles. The predicted molar refractivity (Wildman–Crippen MR) is 79.3 cm³/mol. The van der Waals surface area contributed by atoms with E-state index in [0.29, 0.717) is 5.69 Å².